The summed E-state index contributed by atoms with van der Waals surface area (Å²) in [5, 5.41) is 0. The number of rotatable bonds is 5. The minimum Gasteiger partial charge on any atom is -0.537 e. The van der Waals surface area contributed by atoms with E-state index < -0.39 is 0 Å². The molecule has 0 saturated heterocycles. The molecule has 0 saturated carbocycles. The summed E-state index contributed by atoms with van der Waals surface area (Å²) in [6, 6.07) is 1.81. The van der Waals surface area contributed by atoms with Gasteiger partial charge in [-0.05, 0) is 6.42 Å². The van der Waals surface area contributed by atoms with Crippen molar-refractivity contribution in [1.29, 1.82) is 0 Å². The van der Waals surface area contributed by atoms with Gasteiger partial charge in [0.15, 0.2) is 0 Å². The average molecular weight is 282 g/mol. The molecule has 0 amide bonds. The summed E-state index contributed by atoms with van der Waals surface area (Å²) in [6.45, 7) is 0. The molecule has 0 bridgehead atoms. The van der Waals surface area contributed by atoms with Gasteiger partial charge in [-0.25, -0.2) is 6.03 Å². The van der Waals surface area contributed by atoms with Crippen molar-refractivity contribution in [1.82, 2.24) is 0 Å². The van der Waals surface area contributed by atoms with Crippen LogP contribution in [0.4, 0.5) is 0 Å². The molecule has 2 unspecified atom stereocenters. The zero-order valence-electron chi connectivity index (χ0n) is 7.33. The van der Waals surface area contributed by atoms with Gasteiger partial charge in [-0.1, -0.05) is 10.7 Å². The summed E-state index contributed by atoms with van der Waals surface area (Å²) in [5.41, 5.74) is 0. The van der Waals surface area contributed by atoms with Crippen LogP contribution in [0.1, 0.15) is 6.42 Å². The predicted molar refractivity (Wildman–Crippen MR) is 50.2 cm³/mol. The van der Waals surface area contributed by atoms with Crippen LogP contribution < -0.4 is 0 Å². The molecule has 2 nitrogen and oxygen atoms in total. The molecule has 0 spiro atoms. The summed E-state index contributed by atoms with van der Waals surface area (Å²) in [5.74, 6) is 0. The van der Waals surface area contributed by atoms with Crippen molar-refractivity contribution in [2.45, 2.75) is 6.42 Å². The van der Waals surface area contributed by atoms with Crippen LogP contribution in [0.2, 0.25) is 0 Å². The average Bonchev–Trinajstić information content (AvgIpc) is 1.81. The summed E-state index contributed by atoms with van der Waals surface area (Å²) in [6.07, 6.45) is 2.49. The Kier molecular flexibility index (Phi) is 71.6. The van der Waals surface area contributed by atoms with E-state index in [1.807, 2.05) is 0 Å². The van der Waals surface area contributed by atoms with E-state index in [1.54, 1.807) is 6.03 Å². The number of hydrogen-bond donors (Lipinski definition) is 0. The Morgan fingerprint density at radius 3 is 2.17 bits per heavy atom. The van der Waals surface area contributed by atoms with E-state index in [0.29, 0.717) is 0 Å². The Morgan fingerprint density at radius 2 is 1.83 bits per heavy atom. The Morgan fingerprint density at radius 1 is 1.33 bits per heavy atom. The summed E-state index contributed by atoms with van der Waals surface area (Å²) in [4.78, 5) is 9.58. The molecule has 0 aromatic carbocycles. The van der Waals surface area contributed by atoms with E-state index in [1.165, 1.54) is 0 Å². The van der Waals surface area contributed by atoms with Crippen LogP contribution in [-0.2, 0) is 46.5 Å². The maximum Gasteiger partial charge on any atom is 2.00 e. The van der Waals surface area contributed by atoms with Gasteiger partial charge in [0.05, 0.1) is 0 Å². The number of hydrogen-bond acceptors (Lipinski definition) is 2. The first-order valence-electron chi connectivity index (χ1n) is 2.37. The van der Waals surface area contributed by atoms with Crippen LogP contribution in [0.15, 0.2) is 0 Å². The topological polar surface area (TPSA) is 34.1 Å². The van der Waals surface area contributed by atoms with Crippen LogP contribution in [0, 0.1) is 14.9 Å². The molecule has 6 heteroatoms. The molecular formula is C6H14O2P2V2. The molecule has 70 valence electrons. The zero-order chi connectivity index (χ0) is 6.24. The largest absolute Gasteiger partial charge is 2.00 e. The van der Waals surface area contributed by atoms with Gasteiger partial charge in [0.1, 0.15) is 6.16 Å². The second-order valence-corrected chi connectivity index (χ2v) is 3.12. The quantitative estimate of drug-likeness (QED) is 0.439. The van der Waals surface area contributed by atoms with Gasteiger partial charge in [0, 0.05) is 18.6 Å². The molecule has 0 heterocycles. The second kappa shape index (κ2) is 29.4. The molecule has 2 radical (unpaired) electrons. The molecule has 0 N–H and O–H groups in total. The standard InChI is InChI=1S/C4H7O2P2.2CH3.2V/c5-4-7-2-1-3-8-6;;;;/h7H,1-3H2;2*1H3;;/q3*-1;;+2/p+1. The van der Waals surface area contributed by atoms with Crippen molar-refractivity contribution in [2.24, 2.45) is 0 Å². The Bertz CT molecular complexity index is 73.9. The smallest absolute Gasteiger partial charge is 0.537 e. The van der Waals surface area contributed by atoms with Gasteiger partial charge in [0.2, 0.25) is 0 Å². The van der Waals surface area contributed by atoms with Crippen molar-refractivity contribution in [3.05, 3.63) is 14.9 Å². The monoisotopic (exact) mass is 282 g/mol. The predicted octanol–water partition coefficient (Wildman–Crippen LogP) is 2.04. The van der Waals surface area contributed by atoms with Crippen molar-refractivity contribution in [2.75, 3.05) is 12.3 Å². The van der Waals surface area contributed by atoms with Crippen molar-refractivity contribution in [3.63, 3.8) is 0 Å². The van der Waals surface area contributed by atoms with Gasteiger partial charge in [-0.3, -0.25) is 8.58 Å². The molecule has 0 aliphatic rings. The normalized spacial score (nSPS) is 7.33. The van der Waals surface area contributed by atoms with E-state index in [-0.39, 0.29) is 69.0 Å². The molecule has 0 fully saturated rings. The minimum absolute atomic E-state index is 0. The first-order chi connectivity index (χ1) is 3.91. The molecule has 0 aliphatic heterocycles. The van der Waals surface area contributed by atoms with E-state index >= 15 is 0 Å². The van der Waals surface area contributed by atoms with Crippen molar-refractivity contribution < 1.29 is 46.5 Å². The summed E-state index contributed by atoms with van der Waals surface area (Å²) >= 11 is 0. The van der Waals surface area contributed by atoms with Crippen LogP contribution in [0.5, 0.6) is 0 Å². The minimum atomic E-state index is -0.206. The molecule has 2 atom stereocenters. The number of carbonyl (C=O) groups excluding carboxylic acids is 1. The third-order valence-electron chi connectivity index (χ3n) is 0.653. The molecule has 0 aliphatic carbocycles. The van der Waals surface area contributed by atoms with E-state index in [2.05, 4.69) is 0 Å². The van der Waals surface area contributed by atoms with Crippen LogP contribution in [0.25, 0.3) is 0 Å². The molecule has 0 aromatic rings. The van der Waals surface area contributed by atoms with Crippen LogP contribution in [-0.4, -0.2) is 18.4 Å². The maximum atomic E-state index is 9.83. The van der Waals surface area contributed by atoms with Gasteiger partial charge >= 0.3 is 27.0 Å². The van der Waals surface area contributed by atoms with Gasteiger partial charge in [-0.15, -0.1) is 0 Å². The third kappa shape index (κ3) is 30.1. The van der Waals surface area contributed by atoms with Crippen molar-refractivity contribution in [3.8, 4) is 0 Å². The molecule has 12 heavy (non-hydrogen) atoms. The SMILES string of the molecule is O=[C-]PCCC[PH+]=O.[CH3-].[CH3-].[V+2].[V]. The molecule has 0 rings (SSSR count). The van der Waals surface area contributed by atoms with E-state index in [4.69, 9.17) is 0 Å². The van der Waals surface area contributed by atoms with Crippen LogP contribution in [0.3, 0.4) is 0 Å². The van der Waals surface area contributed by atoms with Gasteiger partial charge < -0.3 is 19.6 Å². The third-order valence-corrected chi connectivity index (χ3v) is 1.96. The van der Waals surface area contributed by atoms with Gasteiger partial charge in [0.25, 0.3) is 0 Å². The Balaban J connectivity index is -0.0000000408. The van der Waals surface area contributed by atoms with E-state index in [0.717, 1.165) is 18.7 Å². The Labute approximate surface area is 103 Å². The maximum absolute atomic E-state index is 9.83. The first-order valence-corrected chi connectivity index (χ1v) is 4.69. The fourth-order valence-corrected chi connectivity index (χ4v) is 1.43. The summed E-state index contributed by atoms with van der Waals surface area (Å²) < 4.78 is 9.83. The summed E-state index contributed by atoms with van der Waals surface area (Å²) in [7, 11) is 0.0784. The fourth-order valence-electron chi connectivity index (χ4n) is 0.300. The van der Waals surface area contributed by atoms with E-state index in [9.17, 15) is 9.36 Å². The van der Waals surface area contributed by atoms with Crippen LogP contribution >= 0.6 is 17.0 Å². The Hall–Kier alpha value is 1.37. The first kappa shape index (κ1) is 29.2. The zero-order valence-corrected chi connectivity index (χ0v) is 12.1. The second-order valence-electron chi connectivity index (χ2n) is 1.28. The molecule has 0 aromatic heterocycles. The van der Waals surface area contributed by atoms with Gasteiger partial charge in [-0.2, -0.15) is 0 Å². The fraction of sp³-hybridized carbons (Fsp3) is 0.500. The molecular weight excluding hydrogens is 268 g/mol. The van der Waals surface area contributed by atoms with Crippen molar-refractivity contribution >= 4 is 23.1 Å².